The molecular formula is C88H58BN7O2. The summed E-state index contributed by atoms with van der Waals surface area (Å²) in [5, 5.41) is 1.88. The van der Waals surface area contributed by atoms with Gasteiger partial charge in [0, 0.05) is 78.3 Å². The summed E-state index contributed by atoms with van der Waals surface area (Å²) in [6.07, 6.45) is 0. The highest BCUT2D eigenvalue weighted by atomic mass is 16.5. The van der Waals surface area contributed by atoms with Gasteiger partial charge in [0.25, 0.3) is 6.71 Å². The molecule has 10 heteroatoms. The molecule has 0 spiro atoms. The van der Waals surface area contributed by atoms with Crippen LogP contribution in [0.15, 0.2) is 340 Å². The second-order valence-corrected chi connectivity index (χ2v) is 24.8. The van der Waals surface area contributed by atoms with E-state index in [1.165, 1.54) is 27.8 Å². The van der Waals surface area contributed by atoms with Gasteiger partial charge in [0.15, 0.2) is 11.6 Å². The van der Waals surface area contributed by atoms with Crippen molar-refractivity contribution in [2.75, 3.05) is 9.80 Å². The minimum absolute atomic E-state index is 0.0543. The first-order valence-electron chi connectivity index (χ1n) is 33.0. The summed E-state index contributed by atoms with van der Waals surface area (Å²) in [7, 11) is 0. The van der Waals surface area contributed by atoms with Gasteiger partial charge in [0.2, 0.25) is 0 Å². The number of aromatic nitrogens is 5. The average Bonchev–Trinajstić information content (AvgIpc) is 0.762. The van der Waals surface area contributed by atoms with E-state index < -0.39 is 5.97 Å². The lowest BCUT2D eigenvalue weighted by Gasteiger charge is -2.44. The van der Waals surface area contributed by atoms with E-state index >= 15 is 0 Å². The first-order valence-corrected chi connectivity index (χ1v) is 33.0. The van der Waals surface area contributed by atoms with Crippen molar-refractivity contribution < 1.29 is 9.53 Å². The molecule has 0 unspecified atom stereocenters. The molecule has 460 valence electrons. The van der Waals surface area contributed by atoms with Crippen molar-refractivity contribution in [3.05, 3.63) is 351 Å². The van der Waals surface area contributed by atoms with E-state index in [2.05, 4.69) is 233 Å². The van der Waals surface area contributed by atoms with Crippen LogP contribution in [-0.2, 0) is 11.3 Å². The molecular weight excluding hydrogens is 1200 g/mol. The fourth-order valence-electron chi connectivity index (χ4n) is 14.4. The van der Waals surface area contributed by atoms with Crippen LogP contribution in [0.1, 0.15) is 15.9 Å². The number of anilines is 6. The zero-order chi connectivity index (χ0) is 65.0. The first-order chi connectivity index (χ1) is 48.5. The summed E-state index contributed by atoms with van der Waals surface area (Å²) in [5.74, 6) is 0.731. The van der Waals surface area contributed by atoms with Crippen molar-refractivity contribution >= 4 is 85.0 Å². The lowest BCUT2D eigenvalue weighted by atomic mass is 9.33. The molecule has 0 saturated carbocycles. The number of fused-ring (bicyclic) bond motifs is 7. The minimum Gasteiger partial charge on any atom is -0.457 e. The van der Waals surface area contributed by atoms with Gasteiger partial charge in [0.1, 0.15) is 6.61 Å². The van der Waals surface area contributed by atoms with E-state index in [0.29, 0.717) is 17.2 Å². The number of benzene rings is 13. The van der Waals surface area contributed by atoms with Crippen LogP contribution in [0.2, 0.25) is 0 Å². The van der Waals surface area contributed by atoms with Crippen molar-refractivity contribution in [1.29, 1.82) is 0 Å². The number of hydrogen-bond donors (Lipinski definition) is 0. The van der Waals surface area contributed by atoms with Crippen LogP contribution in [0.5, 0.6) is 0 Å². The van der Waals surface area contributed by atoms with Gasteiger partial charge in [-0.3, -0.25) is 0 Å². The third-order valence-corrected chi connectivity index (χ3v) is 19.0. The summed E-state index contributed by atoms with van der Waals surface area (Å²) < 4.78 is 8.17. The van der Waals surface area contributed by atoms with E-state index in [1.54, 1.807) is 0 Å². The summed E-state index contributed by atoms with van der Waals surface area (Å²) in [6.45, 7) is 0.221. The second kappa shape index (κ2) is 24.4. The van der Waals surface area contributed by atoms with Crippen molar-refractivity contribution in [2.45, 2.75) is 6.61 Å². The SMILES string of the molecule is O=C(OCc1ccccc1)c1ccc2c(c1)c1ccccc1n2-c1ccc(-c2cc(-c3ccccc3)nc(-c3ccccc3)n2)cc1-c1nc(-c2ccccc2)cc(-c2cccc(-c3ccc(N4c5ccccc5B5c6ccccc6N(c6ccccc6)c6cccc4c65)cc3)c2)n1. The van der Waals surface area contributed by atoms with E-state index in [0.717, 1.165) is 123 Å². The van der Waals surface area contributed by atoms with Gasteiger partial charge in [-0.2, -0.15) is 0 Å². The Kier molecular flexibility index (Phi) is 14.3. The highest BCUT2D eigenvalue weighted by Gasteiger charge is 2.43. The molecule has 3 aromatic heterocycles. The van der Waals surface area contributed by atoms with E-state index in [1.807, 2.05) is 121 Å². The number of hydrogen-bond acceptors (Lipinski definition) is 8. The molecule has 0 bridgehead atoms. The number of carbonyl (C=O) groups excluding carboxylic acids is 1. The molecule has 2 aliphatic heterocycles. The quantitative estimate of drug-likeness (QED) is 0.0833. The van der Waals surface area contributed by atoms with Crippen LogP contribution < -0.4 is 26.2 Å². The van der Waals surface area contributed by atoms with Crippen LogP contribution in [0, 0.1) is 0 Å². The van der Waals surface area contributed by atoms with Gasteiger partial charge in [-0.05, 0) is 136 Å². The average molecular weight is 1260 g/mol. The van der Waals surface area contributed by atoms with Crippen molar-refractivity contribution in [3.63, 3.8) is 0 Å². The summed E-state index contributed by atoms with van der Waals surface area (Å²) in [5.41, 5.74) is 25.4. The third-order valence-electron chi connectivity index (χ3n) is 19.0. The molecule has 0 N–H and O–H groups in total. The summed E-state index contributed by atoms with van der Waals surface area (Å²) in [6, 6.07) is 118. The maximum Gasteiger partial charge on any atom is 0.338 e. The monoisotopic (exact) mass is 1260 g/mol. The van der Waals surface area contributed by atoms with Gasteiger partial charge in [-0.1, -0.05) is 237 Å². The molecule has 0 amide bonds. The van der Waals surface area contributed by atoms with Gasteiger partial charge in [-0.25, -0.2) is 24.7 Å². The van der Waals surface area contributed by atoms with Crippen molar-refractivity contribution in [3.8, 4) is 84.6 Å². The molecule has 13 aromatic carbocycles. The number of nitrogens with zero attached hydrogens (tertiary/aromatic N) is 7. The molecule has 0 radical (unpaired) electrons. The van der Waals surface area contributed by atoms with Crippen LogP contribution in [0.25, 0.3) is 106 Å². The fraction of sp³-hybridized carbons (Fsp3) is 0.0114. The molecule has 98 heavy (non-hydrogen) atoms. The molecule has 0 atom stereocenters. The topological polar surface area (TPSA) is 89.3 Å². The van der Waals surface area contributed by atoms with Crippen LogP contribution in [-0.4, -0.2) is 37.2 Å². The molecule has 9 nitrogen and oxygen atoms in total. The number of carbonyl (C=O) groups is 1. The normalized spacial score (nSPS) is 12.1. The third kappa shape index (κ3) is 10.3. The van der Waals surface area contributed by atoms with Crippen LogP contribution in [0.4, 0.5) is 34.1 Å². The van der Waals surface area contributed by atoms with Crippen molar-refractivity contribution in [1.82, 2.24) is 24.5 Å². The van der Waals surface area contributed by atoms with Gasteiger partial charge < -0.3 is 19.1 Å². The number of rotatable bonds is 13. The predicted molar refractivity (Wildman–Crippen MR) is 400 cm³/mol. The minimum atomic E-state index is -0.396. The molecule has 0 saturated heterocycles. The highest BCUT2D eigenvalue weighted by Crippen LogP contribution is 2.45. The Morgan fingerprint density at radius 1 is 0.327 bits per heavy atom. The van der Waals surface area contributed by atoms with E-state index in [-0.39, 0.29) is 13.3 Å². The Labute approximate surface area is 567 Å². The predicted octanol–water partition coefficient (Wildman–Crippen LogP) is 19.5. The molecule has 16 aromatic rings. The maximum atomic E-state index is 13.9. The van der Waals surface area contributed by atoms with Crippen LogP contribution >= 0.6 is 0 Å². The molecule has 5 heterocycles. The second-order valence-electron chi connectivity index (χ2n) is 24.8. The highest BCUT2D eigenvalue weighted by molar-refractivity contribution is 7.00. The Bertz CT molecular complexity index is 5680. The lowest BCUT2D eigenvalue weighted by molar-refractivity contribution is 0.0473. The van der Waals surface area contributed by atoms with Crippen LogP contribution in [0.3, 0.4) is 0 Å². The molecule has 0 aliphatic carbocycles. The first kappa shape index (κ1) is 57.6. The molecule has 18 rings (SSSR count). The van der Waals surface area contributed by atoms with Gasteiger partial charge >= 0.3 is 5.97 Å². The van der Waals surface area contributed by atoms with Crippen molar-refractivity contribution in [2.24, 2.45) is 0 Å². The number of ether oxygens (including phenoxy) is 1. The summed E-state index contributed by atoms with van der Waals surface area (Å²) >= 11 is 0. The lowest BCUT2D eigenvalue weighted by Crippen LogP contribution is -2.61. The number of para-hydroxylation sites is 4. The Hall–Kier alpha value is -13.0. The molecule has 2 aliphatic rings. The van der Waals surface area contributed by atoms with Gasteiger partial charge in [0.05, 0.1) is 45.1 Å². The zero-order valence-electron chi connectivity index (χ0n) is 53.1. The Morgan fingerprint density at radius 2 is 0.796 bits per heavy atom. The standard InChI is InChI=1S/C88H58BN7O2/c97-88(98-57-58-24-6-1-7-25-58)66-47-51-79-70(54-66)69-36-16-19-39-78(69)96(79)80-50-46-65(77-55-74(60-26-8-2-9-27-60)90-86(91-77)62-30-12-4-13-31-62)53-71(80)87-92-75(61-28-10-3-11-29-61)56-76(93-87)64-33-22-32-63(52-64)59-44-48-68(49-45-59)95-82-41-21-18-38-73(82)89-72-37-17-20-40-81(72)94(67-34-14-5-15-35-67)83-42-23-43-84(95)85(83)89/h1-56H,57H2. The molecule has 0 fully saturated rings. The summed E-state index contributed by atoms with van der Waals surface area (Å²) in [4.78, 5) is 40.5. The smallest absolute Gasteiger partial charge is 0.338 e. The maximum absolute atomic E-state index is 13.9. The fourth-order valence-corrected chi connectivity index (χ4v) is 14.4. The largest absolute Gasteiger partial charge is 0.457 e. The van der Waals surface area contributed by atoms with E-state index in [9.17, 15) is 4.79 Å². The number of esters is 1. The van der Waals surface area contributed by atoms with E-state index in [4.69, 9.17) is 24.7 Å². The Balaban J connectivity index is 0.776. The zero-order valence-corrected chi connectivity index (χ0v) is 53.1. The van der Waals surface area contributed by atoms with Gasteiger partial charge in [-0.15, -0.1) is 0 Å². The Morgan fingerprint density at radius 3 is 1.44 bits per heavy atom.